The van der Waals surface area contributed by atoms with E-state index < -0.39 is 23.3 Å². The van der Waals surface area contributed by atoms with Gasteiger partial charge >= 0.3 is 17.1 Å². The van der Waals surface area contributed by atoms with E-state index in [9.17, 15) is 9.59 Å². The van der Waals surface area contributed by atoms with Crippen molar-refractivity contribution in [3.05, 3.63) is 12.3 Å². The molecule has 32 heavy (non-hydrogen) atoms. The van der Waals surface area contributed by atoms with Gasteiger partial charge < -0.3 is 17.7 Å². The summed E-state index contributed by atoms with van der Waals surface area (Å²) in [6, 6.07) is 0. The number of ketones is 1. The highest BCUT2D eigenvalue weighted by molar-refractivity contribution is 6.83. The highest BCUT2D eigenvalue weighted by atomic mass is 28.5. The molecule has 0 N–H and O–H groups in total. The van der Waals surface area contributed by atoms with Gasteiger partial charge in [-0.25, -0.2) is 0 Å². The van der Waals surface area contributed by atoms with E-state index in [4.69, 9.17) is 17.7 Å². The number of amides is 1. The van der Waals surface area contributed by atoms with Gasteiger partial charge in [-0.15, -0.1) is 0 Å². The number of carbonyl (C=O) groups is 2. The van der Waals surface area contributed by atoms with Crippen LogP contribution in [0.25, 0.3) is 0 Å². The molecule has 9 heteroatoms. The van der Waals surface area contributed by atoms with Crippen LogP contribution in [0.5, 0.6) is 0 Å². The molecule has 4 atom stereocenters. The molecule has 3 rings (SSSR count). The molecule has 3 aliphatic rings. The Labute approximate surface area is 195 Å². The lowest BCUT2D eigenvalue weighted by atomic mass is 10.0. The van der Waals surface area contributed by atoms with Crippen molar-refractivity contribution >= 4 is 28.8 Å². The standard InChI is InChI=1S/C23H41NO6Si2/c1-14(2)31(15(3)4)27-13-20-22(29-32(30-31,16(5)6)17(7)8)18(9)23(28-20)24-11-10-19(25)12-21(24)26/h10-11,14-18,20,22-23H,12-13H2,1-9H3/t18-,20+,22-,23+/m0/s1. The summed E-state index contributed by atoms with van der Waals surface area (Å²) >= 11 is 0. The molecule has 0 radical (unpaired) electrons. The van der Waals surface area contributed by atoms with Gasteiger partial charge in [-0.3, -0.25) is 14.5 Å². The Morgan fingerprint density at radius 3 is 2.00 bits per heavy atom. The van der Waals surface area contributed by atoms with Crippen LogP contribution < -0.4 is 0 Å². The minimum atomic E-state index is -2.73. The van der Waals surface area contributed by atoms with Crippen LogP contribution >= 0.6 is 0 Å². The van der Waals surface area contributed by atoms with E-state index in [0.29, 0.717) is 6.61 Å². The van der Waals surface area contributed by atoms with E-state index in [1.54, 1.807) is 11.1 Å². The Morgan fingerprint density at radius 2 is 1.50 bits per heavy atom. The second-order valence-corrected chi connectivity index (χ2v) is 19.6. The lowest BCUT2D eigenvalue weighted by molar-refractivity contribution is -0.145. The topological polar surface area (TPSA) is 74.3 Å². The van der Waals surface area contributed by atoms with Crippen LogP contribution in [0.3, 0.4) is 0 Å². The van der Waals surface area contributed by atoms with E-state index in [-0.39, 0.29) is 58.4 Å². The fourth-order valence-corrected chi connectivity index (χ4v) is 16.7. The summed E-state index contributed by atoms with van der Waals surface area (Å²) in [4.78, 5) is 25.8. The van der Waals surface area contributed by atoms with Gasteiger partial charge in [0.2, 0.25) is 5.91 Å². The molecule has 3 heterocycles. The highest BCUT2D eigenvalue weighted by Gasteiger charge is 2.61. The van der Waals surface area contributed by atoms with E-state index in [0.717, 1.165) is 0 Å². The lowest BCUT2D eigenvalue weighted by Crippen LogP contribution is -2.65. The second kappa shape index (κ2) is 9.42. The molecule has 7 nitrogen and oxygen atoms in total. The summed E-state index contributed by atoms with van der Waals surface area (Å²) in [5, 5.41) is 0. The maximum Gasteiger partial charge on any atom is 0.335 e. The molecule has 0 saturated carbocycles. The first-order valence-corrected chi connectivity index (χ1v) is 16.0. The molecular weight excluding hydrogens is 442 g/mol. The third kappa shape index (κ3) is 4.32. The van der Waals surface area contributed by atoms with E-state index in [2.05, 4.69) is 62.3 Å². The van der Waals surface area contributed by atoms with E-state index in [1.165, 1.54) is 6.08 Å². The first-order valence-electron chi connectivity index (χ1n) is 12.0. The Hall–Kier alpha value is -0.846. The smallest absolute Gasteiger partial charge is 0.335 e. The largest absolute Gasteiger partial charge is 0.414 e. The minimum Gasteiger partial charge on any atom is -0.414 e. The Bertz CT molecular complexity index is 737. The number of hydrogen-bond acceptors (Lipinski definition) is 6. The average Bonchev–Trinajstić information content (AvgIpc) is 2.96. The lowest BCUT2D eigenvalue weighted by Gasteiger charge is -2.51. The van der Waals surface area contributed by atoms with Crippen LogP contribution in [0.2, 0.25) is 22.2 Å². The van der Waals surface area contributed by atoms with Gasteiger partial charge in [-0.1, -0.05) is 62.3 Å². The van der Waals surface area contributed by atoms with Gasteiger partial charge in [0.25, 0.3) is 0 Å². The molecule has 1 amide bonds. The van der Waals surface area contributed by atoms with E-state index in [1.807, 2.05) is 0 Å². The van der Waals surface area contributed by atoms with Crippen LogP contribution in [-0.2, 0) is 27.3 Å². The molecule has 0 bridgehead atoms. The first kappa shape index (κ1) is 25.8. The number of hydrogen-bond donors (Lipinski definition) is 0. The van der Waals surface area contributed by atoms with Crippen molar-refractivity contribution in [1.29, 1.82) is 0 Å². The second-order valence-electron chi connectivity index (χ2n) is 10.7. The van der Waals surface area contributed by atoms with Crippen molar-refractivity contribution in [1.82, 2.24) is 4.90 Å². The summed E-state index contributed by atoms with van der Waals surface area (Å²) in [6.45, 7) is 20.0. The molecule has 182 valence electrons. The molecular formula is C23H41NO6Si2. The first-order chi connectivity index (χ1) is 14.9. The molecule has 0 spiro atoms. The molecule has 2 fully saturated rings. The fraction of sp³-hybridized carbons (Fsp3) is 0.826. The zero-order chi connectivity index (χ0) is 24.0. The molecule has 2 saturated heterocycles. The summed E-state index contributed by atoms with van der Waals surface area (Å²) in [6.07, 6.45) is 1.89. The molecule has 0 aromatic heterocycles. The maximum atomic E-state index is 12.6. The summed E-state index contributed by atoms with van der Waals surface area (Å²) in [5.74, 6) is -0.484. The van der Waals surface area contributed by atoms with Gasteiger partial charge in [0.05, 0.1) is 19.1 Å². The van der Waals surface area contributed by atoms with Crippen molar-refractivity contribution < 1.29 is 27.3 Å². The maximum absolute atomic E-state index is 12.6. The number of fused-ring (bicyclic) bond motifs is 1. The van der Waals surface area contributed by atoms with Gasteiger partial charge in [0.1, 0.15) is 12.3 Å². The van der Waals surface area contributed by atoms with Gasteiger partial charge in [0, 0.05) is 12.1 Å². The van der Waals surface area contributed by atoms with Gasteiger partial charge in [-0.05, 0) is 28.2 Å². The molecule has 0 aliphatic carbocycles. The molecule has 0 aromatic rings. The number of carbonyl (C=O) groups excluding carboxylic acids is 2. The third-order valence-corrected chi connectivity index (χ3v) is 17.5. The van der Waals surface area contributed by atoms with Gasteiger partial charge in [0.15, 0.2) is 5.78 Å². The van der Waals surface area contributed by atoms with Crippen molar-refractivity contribution in [2.75, 3.05) is 6.61 Å². The quantitative estimate of drug-likeness (QED) is 0.420. The summed E-state index contributed by atoms with van der Waals surface area (Å²) < 4.78 is 27.5. The van der Waals surface area contributed by atoms with Crippen molar-refractivity contribution in [3.63, 3.8) is 0 Å². The van der Waals surface area contributed by atoms with Crippen LogP contribution in [0.1, 0.15) is 68.7 Å². The number of rotatable bonds is 5. The predicted molar refractivity (Wildman–Crippen MR) is 127 cm³/mol. The van der Waals surface area contributed by atoms with Crippen LogP contribution in [-0.4, -0.2) is 58.8 Å². The Balaban J connectivity index is 2.02. The van der Waals surface area contributed by atoms with Crippen molar-refractivity contribution in [3.8, 4) is 0 Å². The number of allylic oxidation sites excluding steroid dienone is 1. The van der Waals surface area contributed by atoms with Crippen LogP contribution in [0.4, 0.5) is 0 Å². The number of ether oxygens (including phenoxy) is 1. The third-order valence-electron chi connectivity index (χ3n) is 7.29. The van der Waals surface area contributed by atoms with Crippen LogP contribution in [0, 0.1) is 5.92 Å². The molecule has 0 unspecified atom stereocenters. The monoisotopic (exact) mass is 483 g/mol. The SMILES string of the molecule is CC(C)[Si]1(C(C)C)OC[C@H]2O[C@@H](N3C=CC(=O)CC3=O)[C@@H](C)[C@@H]2O[Si](C(C)C)(C(C)C)O1. The normalized spacial score (nSPS) is 32.7. The minimum absolute atomic E-state index is 0.0781. The fourth-order valence-electron chi connectivity index (χ4n) is 5.43. The summed E-state index contributed by atoms with van der Waals surface area (Å²) in [7, 11) is -5.36. The Morgan fingerprint density at radius 1 is 0.938 bits per heavy atom. The van der Waals surface area contributed by atoms with Crippen LogP contribution in [0.15, 0.2) is 12.3 Å². The van der Waals surface area contributed by atoms with Crippen molar-refractivity contribution in [2.24, 2.45) is 5.92 Å². The average molecular weight is 484 g/mol. The van der Waals surface area contributed by atoms with Crippen molar-refractivity contribution in [2.45, 2.75) is 109 Å². The molecule has 3 aliphatic heterocycles. The predicted octanol–water partition coefficient (Wildman–Crippen LogP) is 4.62. The zero-order valence-electron chi connectivity index (χ0n) is 21.1. The zero-order valence-corrected chi connectivity index (χ0v) is 23.1. The van der Waals surface area contributed by atoms with Gasteiger partial charge in [-0.2, -0.15) is 0 Å². The Kier molecular flexibility index (Phi) is 7.59. The molecule has 0 aromatic carbocycles. The number of nitrogens with zero attached hydrogens (tertiary/aromatic N) is 1. The highest BCUT2D eigenvalue weighted by Crippen LogP contribution is 2.48. The van der Waals surface area contributed by atoms with E-state index >= 15 is 0 Å². The summed E-state index contributed by atoms with van der Waals surface area (Å²) in [5.41, 5.74) is 0.989.